The van der Waals surface area contributed by atoms with Gasteiger partial charge in [-0.2, -0.15) is 0 Å². The highest BCUT2D eigenvalue weighted by Crippen LogP contribution is 2.35. The number of amides is 1. The Morgan fingerprint density at radius 3 is 2.76 bits per heavy atom. The molecule has 4 rings (SSSR count). The van der Waals surface area contributed by atoms with Gasteiger partial charge in [0.2, 0.25) is 5.88 Å². The Morgan fingerprint density at radius 1 is 1.24 bits per heavy atom. The summed E-state index contributed by atoms with van der Waals surface area (Å²) in [7, 11) is 0. The van der Waals surface area contributed by atoms with Crippen molar-refractivity contribution < 1.29 is 9.21 Å². The standard InChI is InChI=1S/C26H28ClN3O2S/c1-4-6-10-18(5-2)28-25(31)20-15-23(30(17(20)3)24-13-9-14-32-24)22-16-33-26(29-22)19-11-7-8-12-21(19)27/h7-9,11-16,18H,4-6,10H2,1-3H3,(H,28,31). The number of benzene rings is 1. The van der Waals surface area contributed by atoms with Crippen LogP contribution in [0.25, 0.3) is 27.8 Å². The Kier molecular flexibility index (Phi) is 7.36. The molecule has 0 bridgehead atoms. The molecule has 3 heterocycles. The highest BCUT2D eigenvalue weighted by molar-refractivity contribution is 7.13. The summed E-state index contributed by atoms with van der Waals surface area (Å²) in [5.41, 5.74) is 3.91. The van der Waals surface area contributed by atoms with Gasteiger partial charge >= 0.3 is 0 Å². The smallest absolute Gasteiger partial charge is 0.253 e. The molecule has 7 heteroatoms. The molecule has 0 spiro atoms. The molecule has 1 unspecified atom stereocenters. The van der Waals surface area contributed by atoms with Gasteiger partial charge in [-0.1, -0.05) is 56.5 Å². The van der Waals surface area contributed by atoms with E-state index >= 15 is 0 Å². The van der Waals surface area contributed by atoms with Crippen molar-refractivity contribution in [3.8, 4) is 27.8 Å². The monoisotopic (exact) mass is 481 g/mol. The summed E-state index contributed by atoms with van der Waals surface area (Å²) in [6.07, 6.45) is 5.73. The Hall–Kier alpha value is -2.83. The lowest BCUT2D eigenvalue weighted by molar-refractivity contribution is 0.0932. The third-order valence-electron chi connectivity index (χ3n) is 5.82. The topological polar surface area (TPSA) is 60.1 Å². The number of carbonyl (C=O) groups is 1. The van der Waals surface area contributed by atoms with Crippen molar-refractivity contribution in [3.63, 3.8) is 0 Å². The predicted molar refractivity (Wildman–Crippen MR) is 135 cm³/mol. The van der Waals surface area contributed by atoms with E-state index in [0.717, 1.165) is 53.3 Å². The van der Waals surface area contributed by atoms with Gasteiger partial charge in [0, 0.05) is 28.7 Å². The van der Waals surface area contributed by atoms with Crippen LogP contribution in [0, 0.1) is 6.92 Å². The van der Waals surface area contributed by atoms with Crippen LogP contribution in [0.4, 0.5) is 0 Å². The minimum Gasteiger partial charge on any atom is -0.448 e. The summed E-state index contributed by atoms with van der Waals surface area (Å²) in [4.78, 5) is 18.1. The molecular formula is C26H28ClN3O2S. The van der Waals surface area contributed by atoms with E-state index in [4.69, 9.17) is 21.0 Å². The lowest BCUT2D eigenvalue weighted by Gasteiger charge is -2.16. The third-order valence-corrected chi connectivity index (χ3v) is 7.03. The fourth-order valence-corrected chi connectivity index (χ4v) is 5.08. The molecule has 1 N–H and O–H groups in total. The molecule has 0 aliphatic rings. The second kappa shape index (κ2) is 10.4. The van der Waals surface area contributed by atoms with E-state index in [1.54, 1.807) is 6.26 Å². The van der Waals surface area contributed by atoms with Crippen molar-refractivity contribution in [1.82, 2.24) is 14.9 Å². The number of aromatic nitrogens is 2. The van der Waals surface area contributed by atoms with E-state index < -0.39 is 0 Å². The summed E-state index contributed by atoms with van der Waals surface area (Å²) in [6.45, 7) is 6.22. The third kappa shape index (κ3) is 4.92. The van der Waals surface area contributed by atoms with E-state index in [1.165, 1.54) is 11.3 Å². The van der Waals surface area contributed by atoms with Gasteiger partial charge in [0.25, 0.3) is 5.91 Å². The molecule has 0 aliphatic carbocycles. The fraction of sp³-hybridized carbons (Fsp3) is 0.308. The van der Waals surface area contributed by atoms with Crippen molar-refractivity contribution in [1.29, 1.82) is 0 Å². The number of furan rings is 1. The summed E-state index contributed by atoms with van der Waals surface area (Å²) >= 11 is 7.91. The average molecular weight is 482 g/mol. The molecule has 0 aliphatic heterocycles. The Bertz CT molecular complexity index is 1230. The molecule has 0 saturated carbocycles. The first-order chi connectivity index (χ1) is 16.0. The number of thiazole rings is 1. The maximum atomic E-state index is 13.2. The number of hydrogen-bond acceptors (Lipinski definition) is 4. The minimum atomic E-state index is -0.0661. The highest BCUT2D eigenvalue weighted by atomic mass is 35.5. The summed E-state index contributed by atoms with van der Waals surface area (Å²) in [5, 5.41) is 6.70. The van der Waals surface area contributed by atoms with Gasteiger partial charge < -0.3 is 9.73 Å². The quantitative estimate of drug-likeness (QED) is 0.269. The molecule has 0 radical (unpaired) electrons. The molecule has 33 heavy (non-hydrogen) atoms. The van der Waals surface area contributed by atoms with Crippen LogP contribution in [0.15, 0.2) is 58.5 Å². The highest BCUT2D eigenvalue weighted by Gasteiger charge is 2.23. The largest absolute Gasteiger partial charge is 0.448 e. The van der Waals surface area contributed by atoms with Gasteiger partial charge in [-0.05, 0) is 38.0 Å². The van der Waals surface area contributed by atoms with E-state index in [9.17, 15) is 4.79 Å². The molecule has 1 amide bonds. The van der Waals surface area contributed by atoms with E-state index in [-0.39, 0.29) is 11.9 Å². The van der Waals surface area contributed by atoms with Crippen molar-refractivity contribution in [3.05, 3.63) is 70.4 Å². The zero-order chi connectivity index (χ0) is 23.4. The van der Waals surface area contributed by atoms with Crippen LogP contribution in [-0.2, 0) is 0 Å². The molecule has 4 aromatic rings. The number of halogens is 1. The average Bonchev–Trinajstić information content (AvgIpc) is 3.56. The zero-order valence-corrected chi connectivity index (χ0v) is 20.7. The first-order valence-corrected chi connectivity index (χ1v) is 12.6. The molecule has 1 atom stereocenters. The van der Waals surface area contributed by atoms with Crippen molar-refractivity contribution in [2.45, 2.75) is 52.5 Å². The van der Waals surface area contributed by atoms with Crippen LogP contribution in [0.3, 0.4) is 0 Å². The number of nitrogens with one attached hydrogen (secondary N) is 1. The molecule has 1 aromatic carbocycles. The molecular weight excluding hydrogens is 454 g/mol. The van der Waals surface area contributed by atoms with Crippen molar-refractivity contribution in [2.75, 3.05) is 0 Å². The van der Waals surface area contributed by atoms with Crippen molar-refractivity contribution in [2.24, 2.45) is 0 Å². The first kappa shape index (κ1) is 23.3. The normalized spacial score (nSPS) is 12.1. The number of rotatable bonds is 9. The molecule has 0 saturated heterocycles. The van der Waals surface area contributed by atoms with Gasteiger partial charge in [0.05, 0.1) is 28.2 Å². The number of unbranched alkanes of at least 4 members (excludes halogenated alkanes) is 1. The zero-order valence-electron chi connectivity index (χ0n) is 19.1. The van der Waals surface area contributed by atoms with E-state index in [2.05, 4.69) is 19.2 Å². The summed E-state index contributed by atoms with van der Waals surface area (Å²) < 4.78 is 7.66. The van der Waals surface area contributed by atoms with E-state index in [1.807, 2.05) is 59.3 Å². The second-order valence-corrected chi connectivity index (χ2v) is 9.32. The molecule has 3 aromatic heterocycles. The van der Waals surface area contributed by atoms with Crippen LogP contribution >= 0.6 is 22.9 Å². The Balaban J connectivity index is 1.73. The predicted octanol–water partition coefficient (Wildman–Crippen LogP) is 7.52. The van der Waals surface area contributed by atoms with Gasteiger partial charge in [-0.15, -0.1) is 11.3 Å². The second-order valence-electron chi connectivity index (χ2n) is 8.05. The van der Waals surface area contributed by atoms with E-state index in [0.29, 0.717) is 16.5 Å². The van der Waals surface area contributed by atoms with Crippen LogP contribution in [0.1, 0.15) is 55.6 Å². The van der Waals surface area contributed by atoms with Crippen LogP contribution in [0.5, 0.6) is 0 Å². The molecule has 5 nitrogen and oxygen atoms in total. The maximum Gasteiger partial charge on any atom is 0.253 e. The maximum absolute atomic E-state index is 13.2. The lowest BCUT2D eigenvalue weighted by Crippen LogP contribution is -2.34. The van der Waals surface area contributed by atoms with Gasteiger partial charge in [0.15, 0.2) is 0 Å². The molecule has 172 valence electrons. The first-order valence-electron chi connectivity index (χ1n) is 11.3. The van der Waals surface area contributed by atoms with Crippen LogP contribution in [0.2, 0.25) is 5.02 Å². The summed E-state index contributed by atoms with van der Waals surface area (Å²) in [6, 6.07) is 13.5. The van der Waals surface area contributed by atoms with Gasteiger partial charge in [-0.3, -0.25) is 9.36 Å². The van der Waals surface area contributed by atoms with Crippen molar-refractivity contribution >= 4 is 28.8 Å². The summed E-state index contributed by atoms with van der Waals surface area (Å²) in [5.74, 6) is 0.579. The fourth-order valence-electron chi connectivity index (χ4n) is 3.95. The number of nitrogens with zero attached hydrogens (tertiary/aromatic N) is 2. The number of carbonyl (C=O) groups excluding carboxylic acids is 1. The number of hydrogen-bond donors (Lipinski definition) is 1. The van der Waals surface area contributed by atoms with Crippen LogP contribution < -0.4 is 5.32 Å². The lowest BCUT2D eigenvalue weighted by atomic mass is 10.1. The Labute approximate surface area is 203 Å². The Morgan fingerprint density at radius 2 is 2.06 bits per heavy atom. The van der Waals surface area contributed by atoms with Gasteiger partial charge in [0.1, 0.15) is 5.01 Å². The SMILES string of the molecule is CCCCC(CC)NC(=O)c1cc(-c2csc(-c3ccccc3Cl)n2)n(-c2ccco2)c1C. The minimum absolute atomic E-state index is 0.0661. The molecule has 0 fully saturated rings. The van der Waals surface area contributed by atoms with Crippen LogP contribution in [-0.4, -0.2) is 21.5 Å². The van der Waals surface area contributed by atoms with Gasteiger partial charge in [-0.25, -0.2) is 4.98 Å².